The first-order valence-corrected chi connectivity index (χ1v) is 15.7. The van der Waals surface area contributed by atoms with Gasteiger partial charge in [-0.1, -0.05) is 121 Å². The zero-order chi connectivity index (χ0) is 31.2. The molecule has 4 nitrogen and oxygen atoms in total. The summed E-state index contributed by atoms with van der Waals surface area (Å²) in [7, 11) is 0. The van der Waals surface area contributed by atoms with Gasteiger partial charge in [-0.2, -0.15) is 0 Å². The lowest BCUT2D eigenvalue weighted by molar-refractivity contribution is 0.618. The average molecular weight is 605 g/mol. The maximum atomic E-state index is 6.64. The van der Waals surface area contributed by atoms with Crippen LogP contribution in [0.1, 0.15) is 0 Å². The number of hydrogen-bond donors (Lipinski definition) is 0. The lowest BCUT2D eigenvalue weighted by atomic mass is 10.00. The van der Waals surface area contributed by atoms with Crippen LogP contribution in [0.2, 0.25) is 0 Å². The Bertz CT molecular complexity index is 2480. The van der Waals surface area contributed by atoms with Crippen molar-refractivity contribution in [1.82, 2.24) is 4.98 Å². The molecule has 9 rings (SSSR count). The predicted molar refractivity (Wildman–Crippen MR) is 192 cm³/mol. The van der Waals surface area contributed by atoms with E-state index in [1.165, 1.54) is 11.1 Å². The molecular weight excluding hydrogens is 576 g/mol. The van der Waals surface area contributed by atoms with Crippen LogP contribution in [0.5, 0.6) is 0 Å². The number of rotatable bonds is 6. The first-order chi connectivity index (χ1) is 23.3. The second-order valence-electron chi connectivity index (χ2n) is 11.6. The highest BCUT2D eigenvalue weighted by Gasteiger charge is 2.26. The van der Waals surface area contributed by atoms with E-state index in [4.69, 9.17) is 13.8 Å². The Kier molecular flexibility index (Phi) is 6.43. The van der Waals surface area contributed by atoms with Gasteiger partial charge in [-0.25, -0.2) is 4.98 Å². The Morgan fingerprint density at radius 2 is 0.915 bits per heavy atom. The summed E-state index contributed by atoms with van der Waals surface area (Å²) in [5.41, 5.74) is 11.4. The molecule has 0 bridgehead atoms. The SMILES string of the molecule is c1ccc(-c2ccc(-c3ccc(N(c4ccccc4)c4c5oc(-c6ccccc6)nc5cc5c4oc4ccccc45)cc3)cc2)cc1. The van der Waals surface area contributed by atoms with Gasteiger partial charge in [0.2, 0.25) is 5.89 Å². The lowest BCUT2D eigenvalue weighted by Gasteiger charge is -2.25. The van der Waals surface area contributed by atoms with E-state index in [0.29, 0.717) is 11.5 Å². The summed E-state index contributed by atoms with van der Waals surface area (Å²) >= 11 is 0. The van der Waals surface area contributed by atoms with E-state index < -0.39 is 0 Å². The number of aromatic nitrogens is 1. The first kappa shape index (κ1) is 27.0. The van der Waals surface area contributed by atoms with E-state index in [1.54, 1.807) is 0 Å². The number of furan rings is 1. The number of anilines is 3. The quantitative estimate of drug-likeness (QED) is 0.189. The fraction of sp³-hybridized carbons (Fsp3) is 0. The number of benzene rings is 7. The van der Waals surface area contributed by atoms with E-state index in [0.717, 1.165) is 61.2 Å². The molecule has 0 saturated carbocycles. The first-order valence-electron chi connectivity index (χ1n) is 15.7. The maximum Gasteiger partial charge on any atom is 0.227 e. The minimum absolute atomic E-state index is 0.570. The molecule has 0 saturated heterocycles. The molecule has 0 aliphatic rings. The minimum atomic E-state index is 0.570. The molecule has 4 heteroatoms. The number of hydrogen-bond acceptors (Lipinski definition) is 4. The van der Waals surface area contributed by atoms with Crippen molar-refractivity contribution < 1.29 is 8.83 Å². The Labute approximate surface area is 271 Å². The largest absolute Gasteiger partial charge is 0.454 e. The van der Waals surface area contributed by atoms with Crippen LogP contribution in [0.3, 0.4) is 0 Å². The summed E-state index contributed by atoms with van der Waals surface area (Å²) in [6.07, 6.45) is 0. The van der Waals surface area contributed by atoms with Crippen LogP contribution in [-0.4, -0.2) is 4.98 Å². The lowest BCUT2D eigenvalue weighted by Crippen LogP contribution is -2.10. The van der Waals surface area contributed by atoms with Gasteiger partial charge in [0.1, 0.15) is 16.8 Å². The summed E-state index contributed by atoms with van der Waals surface area (Å²) in [5, 5.41) is 2.03. The molecule has 0 N–H and O–H groups in total. The van der Waals surface area contributed by atoms with Crippen LogP contribution < -0.4 is 4.90 Å². The normalized spacial score (nSPS) is 11.4. The number of oxazole rings is 1. The number of para-hydroxylation sites is 2. The molecule has 2 aromatic heterocycles. The van der Waals surface area contributed by atoms with E-state index in [-0.39, 0.29) is 0 Å². The van der Waals surface area contributed by atoms with Gasteiger partial charge in [0.25, 0.3) is 0 Å². The molecule has 0 radical (unpaired) electrons. The minimum Gasteiger partial charge on any atom is -0.454 e. The van der Waals surface area contributed by atoms with Crippen molar-refractivity contribution in [1.29, 1.82) is 0 Å². The van der Waals surface area contributed by atoms with Crippen LogP contribution in [0.25, 0.3) is 66.7 Å². The van der Waals surface area contributed by atoms with E-state index in [2.05, 4.69) is 114 Å². The standard InChI is InChI=1S/C43H28N2O2/c1-4-12-29(13-5-1)30-20-22-31(23-21-30)32-24-26-35(27-25-32)45(34-16-8-3-9-17-34)40-41-37(36-18-10-11-19-39(36)46-41)28-38-42(40)47-43(44-38)33-14-6-2-7-15-33/h1-28H. The topological polar surface area (TPSA) is 42.4 Å². The summed E-state index contributed by atoms with van der Waals surface area (Å²) < 4.78 is 13.3. The van der Waals surface area contributed by atoms with Gasteiger partial charge in [-0.15, -0.1) is 0 Å². The van der Waals surface area contributed by atoms with Gasteiger partial charge in [0.15, 0.2) is 11.2 Å². The molecule has 0 atom stereocenters. The third-order valence-electron chi connectivity index (χ3n) is 8.71. The van der Waals surface area contributed by atoms with Crippen molar-refractivity contribution in [3.05, 3.63) is 170 Å². The average Bonchev–Trinajstić information content (AvgIpc) is 3.75. The van der Waals surface area contributed by atoms with Crippen LogP contribution in [0.15, 0.2) is 179 Å². The van der Waals surface area contributed by atoms with Gasteiger partial charge >= 0.3 is 0 Å². The van der Waals surface area contributed by atoms with E-state index in [9.17, 15) is 0 Å². The van der Waals surface area contributed by atoms with Crippen molar-refractivity contribution in [3.8, 4) is 33.7 Å². The Morgan fingerprint density at radius 1 is 0.404 bits per heavy atom. The molecule has 222 valence electrons. The molecule has 2 heterocycles. The second-order valence-corrected chi connectivity index (χ2v) is 11.6. The molecule has 0 unspecified atom stereocenters. The summed E-state index contributed by atoms with van der Waals surface area (Å²) in [6, 6.07) is 58.5. The highest BCUT2D eigenvalue weighted by Crippen LogP contribution is 2.47. The highest BCUT2D eigenvalue weighted by atomic mass is 16.4. The predicted octanol–water partition coefficient (Wildman–Crippen LogP) is 12.2. The monoisotopic (exact) mass is 604 g/mol. The van der Waals surface area contributed by atoms with Crippen LogP contribution in [0.4, 0.5) is 17.1 Å². The fourth-order valence-corrected chi connectivity index (χ4v) is 6.40. The van der Waals surface area contributed by atoms with Gasteiger partial charge in [0.05, 0.1) is 0 Å². The third-order valence-corrected chi connectivity index (χ3v) is 8.71. The van der Waals surface area contributed by atoms with E-state index >= 15 is 0 Å². The van der Waals surface area contributed by atoms with Crippen molar-refractivity contribution in [3.63, 3.8) is 0 Å². The number of fused-ring (bicyclic) bond motifs is 4. The fourth-order valence-electron chi connectivity index (χ4n) is 6.40. The smallest absolute Gasteiger partial charge is 0.227 e. The van der Waals surface area contributed by atoms with Gasteiger partial charge < -0.3 is 13.7 Å². The van der Waals surface area contributed by atoms with Crippen LogP contribution in [0, 0.1) is 0 Å². The Balaban J connectivity index is 1.22. The van der Waals surface area contributed by atoms with Crippen LogP contribution >= 0.6 is 0 Å². The maximum absolute atomic E-state index is 6.64. The zero-order valence-corrected chi connectivity index (χ0v) is 25.4. The molecular formula is C43H28N2O2. The molecule has 0 fully saturated rings. The highest BCUT2D eigenvalue weighted by molar-refractivity contribution is 6.17. The van der Waals surface area contributed by atoms with Crippen molar-refractivity contribution >= 4 is 50.1 Å². The molecule has 0 aliphatic heterocycles. The third kappa shape index (κ3) is 4.75. The number of nitrogens with zero attached hydrogens (tertiary/aromatic N) is 2. The van der Waals surface area contributed by atoms with Gasteiger partial charge in [-0.05, 0) is 70.8 Å². The summed E-state index contributed by atoms with van der Waals surface area (Å²) in [5.74, 6) is 0.570. The molecule has 0 aliphatic carbocycles. The summed E-state index contributed by atoms with van der Waals surface area (Å²) in [6.45, 7) is 0. The van der Waals surface area contributed by atoms with Crippen molar-refractivity contribution in [2.45, 2.75) is 0 Å². The molecule has 0 amide bonds. The molecule has 47 heavy (non-hydrogen) atoms. The van der Waals surface area contributed by atoms with Crippen molar-refractivity contribution in [2.24, 2.45) is 0 Å². The van der Waals surface area contributed by atoms with Crippen LogP contribution in [-0.2, 0) is 0 Å². The second kappa shape index (κ2) is 11.2. The van der Waals surface area contributed by atoms with E-state index in [1.807, 2.05) is 60.7 Å². The molecule has 9 aromatic rings. The summed E-state index contributed by atoms with van der Waals surface area (Å²) in [4.78, 5) is 7.22. The van der Waals surface area contributed by atoms with Crippen molar-refractivity contribution in [2.75, 3.05) is 4.90 Å². The van der Waals surface area contributed by atoms with Gasteiger partial charge in [-0.3, -0.25) is 0 Å². The van der Waals surface area contributed by atoms with Gasteiger partial charge in [0, 0.05) is 27.7 Å². The molecule has 7 aromatic carbocycles. The Morgan fingerprint density at radius 3 is 1.57 bits per heavy atom. The zero-order valence-electron chi connectivity index (χ0n) is 25.4. The Hall–Kier alpha value is -6.39. The molecule has 0 spiro atoms.